The summed E-state index contributed by atoms with van der Waals surface area (Å²) in [6, 6.07) is 6.23. The Morgan fingerprint density at radius 1 is 1.24 bits per heavy atom. The van der Waals surface area contributed by atoms with Crippen LogP contribution in [0.3, 0.4) is 0 Å². The van der Waals surface area contributed by atoms with Gasteiger partial charge in [0.25, 0.3) is 10.1 Å². The number of aliphatic hydroxyl groups is 1. The van der Waals surface area contributed by atoms with E-state index < -0.39 is 33.1 Å². The van der Waals surface area contributed by atoms with E-state index >= 15 is 0 Å². The summed E-state index contributed by atoms with van der Waals surface area (Å²) in [7, 11) is -3.92. The highest BCUT2D eigenvalue weighted by Gasteiger charge is 2.47. The van der Waals surface area contributed by atoms with Crippen LogP contribution < -0.4 is 0 Å². The first-order valence-electron chi connectivity index (χ1n) is 12.0. The highest BCUT2D eigenvalue weighted by Crippen LogP contribution is 2.41. The van der Waals surface area contributed by atoms with Crippen molar-refractivity contribution < 1.29 is 32.0 Å². The maximum absolute atomic E-state index is 13.0. The minimum atomic E-state index is -3.92. The molecule has 1 heterocycles. The molecule has 0 radical (unpaired) electrons. The predicted octanol–water partition coefficient (Wildman–Crippen LogP) is 4.38. The first-order valence-corrected chi connectivity index (χ1v) is 13.4. The maximum atomic E-state index is 13.0. The van der Waals surface area contributed by atoms with E-state index in [1.807, 2.05) is 41.5 Å². The van der Waals surface area contributed by atoms with Crippen LogP contribution in [0.15, 0.2) is 29.2 Å². The van der Waals surface area contributed by atoms with Crippen LogP contribution in [0.5, 0.6) is 0 Å². The van der Waals surface area contributed by atoms with E-state index in [0.717, 1.165) is 18.4 Å². The molecule has 1 saturated heterocycles. The van der Waals surface area contributed by atoms with Gasteiger partial charge in [-0.15, -0.1) is 0 Å². The number of benzene rings is 1. The largest absolute Gasteiger partial charge is 0.444 e. The van der Waals surface area contributed by atoms with Gasteiger partial charge in [0.2, 0.25) is 0 Å². The fraction of sp³-hybridized carbons (Fsp3) is 0.720. The normalized spacial score (nSPS) is 22.4. The molecule has 3 rings (SSSR count). The lowest BCUT2D eigenvalue weighted by Crippen LogP contribution is -2.50. The van der Waals surface area contributed by atoms with E-state index in [1.165, 1.54) is 12.1 Å². The van der Waals surface area contributed by atoms with Crippen molar-refractivity contribution in [1.82, 2.24) is 4.90 Å². The SMILES string of the molecule is Cc1ccc(S(=O)(=O)OCC(CCC2(O)CC2)CC2COC(C)(C)N2C(=O)OC(C)(C)C)cc1. The molecular weight excluding hydrogens is 458 g/mol. The highest BCUT2D eigenvalue weighted by atomic mass is 32.2. The third-order valence-corrected chi connectivity index (χ3v) is 7.68. The van der Waals surface area contributed by atoms with Crippen molar-refractivity contribution in [1.29, 1.82) is 0 Å². The maximum Gasteiger partial charge on any atom is 0.412 e. The van der Waals surface area contributed by atoms with Gasteiger partial charge in [-0.25, -0.2) is 4.79 Å². The third-order valence-electron chi connectivity index (χ3n) is 6.38. The van der Waals surface area contributed by atoms with Crippen LogP contribution in [-0.2, 0) is 23.8 Å². The summed E-state index contributed by atoms with van der Waals surface area (Å²) >= 11 is 0. The molecule has 9 heteroatoms. The Labute approximate surface area is 203 Å². The van der Waals surface area contributed by atoms with Gasteiger partial charge in [-0.05, 0) is 91.7 Å². The number of carbonyl (C=O) groups excluding carboxylic acids is 1. The zero-order valence-electron chi connectivity index (χ0n) is 21.2. The van der Waals surface area contributed by atoms with Crippen molar-refractivity contribution in [2.24, 2.45) is 5.92 Å². The Morgan fingerprint density at radius 2 is 1.85 bits per heavy atom. The summed E-state index contributed by atoms with van der Waals surface area (Å²) in [4.78, 5) is 14.7. The summed E-state index contributed by atoms with van der Waals surface area (Å²) in [5.41, 5.74) is -1.20. The van der Waals surface area contributed by atoms with Gasteiger partial charge in [-0.2, -0.15) is 8.42 Å². The zero-order valence-corrected chi connectivity index (χ0v) is 22.0. The first kappa shape index (κ1) is 26.9. The van der Waals surface area contributed by atoms with Gasteiger partial charge < -0.3 is 14.6 Å². The van der Waals surface area contributed by atoms with Crippen LogP contribution in [0.1, 0.15) is 72.3 Å². The Kier molecular flexibility index (Phi) is 7.73. The van der Waals surface area contributed by atoms with Crippen LogP contribution in [0.25, 0.3) is 0 Å². The predicted molar refractivity (Wildman–Crippen MR) is 128 cm³/mol. The molecule has 0 bridgehead atoms. The second kappa shape index (κ2) is 9.76. The zero-order chi connectivity index (χ0) is 25.4. The molecular formula is C25H39NO7S. The first-order chi connectivity index (χ1) is 15.6. The lowest BCUT2D eigenvalue weighted by Gasteiger charge is -2.36. The number of hydrogen-bond acceptors (Lipinski definition) is 7. The molecule has 2 unspecified atom stereocenters. The Balaban J connectivity index is 1.73. The summed E-state index contributed by atoms with van der Waals surface area (Å²) < 4.78 is 42.5. The molecule has 1 aromatic rings. The molecule has 2 fully saturated rings. The Morgan fingerprint density at radius 3 is 2.41 bits per heavy atom. The molecule has 1 aliphatic carbocycles. The van der Waals surface area contributed by atoms with Gasteiger partial charge in [0.1, 0.15) is 11.3 Å². The van der Waals surface area contributed by atoms with Gasteiger partial charge in [-0.3, -0.25) is 9.08 Å². The van der Waals surface area contributed by atoms with Crippen molar-refractivity contribution in [3.05, 3.63) is 29.8 Å². The standard InChI is InChI=1S/C25H39NO7S/c1-18-7-9-21(10-8-18)34(29,30)32-16-19(11-12-25(28)13-14-25)15-20-17-31-24(5,6)26(20)22(27)33-23(2,3)4/h7-10,19-20,28H,11-17H2,1-6H3. The smallest absolute Gasteiger partial charge is 0.412 e. The highest BCUT2D eigenvalue weighted by molar-refractivity contribution is 7.86. The minimum Gasteiger partial charge on any atom is -0.444 e. The molecule has 0 aromatic heterocycles. The third kappa shape index (κ3) is 7.16. The number of ether oxygens (including phenoxy) is 2. The fourth-order valence-corrected chi connectivity index (χ4v) is 5.19. The summed E-state index contributed by atoms with van der Waals surface area (Å²) in [5.74, 6) is -0.197. The summed E-state index contributed by atoms with van der Waals surface area (Å²) in [5, 5.41) is 10.4. The van der Waals surface area contributed by atoms with Gasteiger partial charge in [0.15, 0.2) is 0 Å². The van der Waals surface area contributed by atoms with Crippen molar-refractivity contribution >= 4 is 16.2 Å². The second-order valence-corrected chi connectivity index (χ2v) is 12.8. The van der Waals surface area contributed by atoms with E-state index in [4.69, 9.17) is 13.7 Å². The summed E-state index contributed by atoms with van der Waals surface area (Å²) in [6.45, 7) is 11.2. The van der Waals surface area contributed by atoms with Crippen molar-refractivity contribution in [3.8, 4) is 0 Å². The molecule has 34 heavy (non-hydrogen) atoms. The number of hydrogen-bond donors (Lipinski definition) is 1. The van der Waals surface area contributed by atoms with Gasteiger partial charge in [-0.1, -0.05) is 17.7 Å². The van der Waals surface area contributed by atoms with E-state index in [0.29, 0.717) is 25.9 Å². The monoisotopic (exact) mass is 497 g/mol. The van der Waals surface area contributed by atoms with Crippen molar-refractivity contribution in [3.63, 3.8) is 0 Å². The van der Waals surface area contributed by atoms with E-state index in [9.17, 15) is 18.3 Å². The Bertz CT molecular complexity index is 962. The average Bonchev–Trinajstić information content (AvgIpc) is 3.36. The van der Waals surface area contributed by atoms with E-state index in [-0.39, 0.29) is 23.5 Å². The van der Waals surface area contributed by atoms with Crippen LogP contribution in [0.4, 0.5) is 4.79 Å². The topological polar surface area (TPSA) is 102 Å². The molecule has 2 aliphatic rings. The van der Waals surface area contributed by atoms with Crippen LogP contribution in [0.2, 0.25) is 0 Å². The molecule has 2 atom stereocenters. The van der Waals surface area contributed by atoms with Gasteiger partial charge >= 0.3 is 6.09 Å². The van der Waals surface area contributed by atoms with Gasteiger partial charge in [0.05, 0.1) is 29.8 Å². The van der Waals surface area contributed by atoms with Crippen molar-refractivity contribution in [2.45, 2.75) is 102 Å². The van der Waals surface area contributed by atoms with Crippen LogP contribution in [-0.4, -0.2) is 60.7 Å². The molecule has 1 N–H and O–H groups in total. The molecule has 8 nitrogen and oxygen atoms in total. The number of nitrogens with zero attached hydrogens (tertiary/aromatic N) is 1. The quantitative estimate of drug-likeness (QED) is 0.505. The molecule has 1 amide bonds. The fourth-order valence-electron chi connectivity index (χ4n) is 4.22. The molecule has 192 valence electrons. The number of amides is 1. The molecule has 1 aliphatic heterocycles. The lowest BCUT2D eigenvalue weighted by molar-refractivity contribution is -0.0633. The summed E-state index contributed by atoms with van der Waals surface area (Å²) in [6.07, 6.45) is 2.67. The van der Waals surface area contributed by atoms with Crippen LogP contribution in [0, 0.1) is 12.8 Å². The molecule has 1 aromatic carbocycles. The van der Waals surface area contributed by atoms with Crippen LogP contribution >= 0.6 is 0 Å². The van der Waals surface area contributed by atoms with Crippen molar-refractivity contribution in [2.75, 3.05) is 13.2 Å². The molecule has 1 saturated carbocycles. The lowest BCUT2D eigenvalue weighted by atomic mass is 9.93. The van der Waals surface area contributed by atoms with E-state index in [2.05, 4.69) is 0 Å². The Hall–Kier alpha value is -1.68. The molecule has 0 spiro atoms. The number of aryl methyl sites for hydroxylation is 1. The van der Waals surface area contributed by atoms with E-state index in [1.54, 1.807) is 17.0 Å². The number of rotatable bonds is 9. The minimum absolute atomic E-state index is 0.0363. The average molecular weight is 498 g/mol. The number of carbonyl (C=O) groups is 1. The van der Waals surface area contributed by atoms with Gasteiger partial charge in [0, 0.05) is 0 Å². The second-order valence-electron chi connectivity index (χ2n) is 11.2.